The highest BCUT2D eigenvalue weighted by atomic mass is 14.9. The number of H-pyrrole nitrogens is 1. The number of hydrogen-bond acceptors (Lipinski definition) is 1. The number of rotatable bonds is 4. The second kappa shape index (κ2) is 5.41. The van der Waals surface area contributed by atoms with E-state index in [1.807, 2.05) is 6.20 Å². The van der Waals surface area contributed by atoms with Crippen LogP contribution in [-0.4, -0.2) is 4.98 Å². The molecular weight excluding hydrogens is 244 g/mol. The highest BCUT2D eigenvalue weighted by Crippen LogP contribution is 2.27. The maximum absolute atomic E-state index is 3.66. The Kier molecular flexibility index (Phi) is 3.46. The molecule has 102 valence electrons. The molecule has 1 aromatic heterocycles. The summed E-state index contributed by atoms with van der Waals surface area (Å²) in [5.41, 5.74) is 3.67. The maximum Gasteiger partial charge on any atom is 0.0536 e. The van der Waals surface area contributed by atoms with Crippen LogP contribution in [-0.2, 0) is 0 Å². The summed E-state index contributed by atoms with van der Waals surface area (Å²) < 4.78 is 0. The molecule has 0 aliphatic carbocycles. The Morgan fingerprint density at radius 3 is 2.50 bits per heavy atom. The van der Waals surface area contributed by atoms with Crippen molar-refractivity contribution in [1.82, 2.24) is 4.98 Å². The lowest BCUT2D eigenvalue weighted by Gasteiger charge is -2.24. The van der Waals surface area contributed by atoms with E-state index in [0.717, 1.165) is 0 Å². The Morgan fingerprint density at radius 1 is 0.950 bits per heavy atom. The minimum Gasteiger partial charge on any atom is -0.378 e. The first-order valence-corrected chi connectivity index (χ1v) is 7.12. The van der Waals surface area contributed by atoms with Crippen LogP contribution in [0.25, 0.3) is 10.9 Å². The van der Waals surface area contributed by atoms with Gasteiger partial charge in [0.25, 0.3) is 0 Å². The van der Waals surface area contributed by atoms with Crippen molar-refractivity contribution in [2.24, 2.45) is 5.92 Å². The topological polar surface area (TPSA) is 27.8 Å². The van der Waals surface area contributed by atoms with Gasteiger partial charge in [-0.25, -0.2) is 0 Å². The third-order valence-corrected chi connectivity index (χ3v) is 3.70. The minimum atomic E-state index is 0.326. The van der Waals surface area contributed by atoms with Crippen molar-refractivity contribution in [1.29, 1.82) is 0 Å². The summed E-state index contributed by atoms with van der Waals surface area (Å²) >= 11 is 0. The smallest absolute Gasteiger partial charge is 0.0536 e. The van der Waals surface area contributed by atoms with Gasteiger partial charge in [-0.2, -0.15) is 0 Å². The summed E-state index contributed by atoms with van der Waals surface area (Å²) in [5, 5.41) is 4.90. The maximum atomic E-state index is 3.66. The van der Waals surface area contributed by atoms with Crippen molar-refractivity contribution < 1.29 is 0 Å². The molecule has 0 aliphatic rings. The monoisotopic (exact) mass is 264 g/mol. The third-order valence-electron chi connectivity index (χ3n) is 3.70. The number of anilines is 1. The van der Waals surface area contributed by atoms with E-state index in [2.05, 4.69) is 78.7 Å². The molecule has 2 aromatic carbocycles. The van der Waals surface area contributed by atoms with Gasteiger partial charge < -0.3 is 10.3 Å². The predicted molar refractivity (Wildman–Crippen MR) is 85.9 cm³/mol. The largest absolute Gasteiger partial charge is 0.378 e. The molecule has 0 bridgehead atoms. The zero-order chi connectivity index (χ0) is 13.9. The lowest BCUT2D eigenvalue weighted by atomic mass is 9.95. The lowest BCUT2D eigenvalue weighted by Crippen LogP contribution is -2.16. The molecule has 3 aromatic rings. The van der Waals surface area contributed by atoms with Crippen LogP contribution in [0.4, 0.5) is 5.69 Å². The highest BCUT2D eigenvalue weighted by Gasteiger charge is 2.15. The Balaban J connectivity index is 1.89. The summed E-state index contributed by atoms with van der Waals surface area (Å²) in [6, 6.07) is 19.5. The van der Waals surface area contributed by atoms with Crippen molar-refractivity contribution in [2.45, 2.75) is 19.9 Å². The molecule has 1 unspecified atom stereocenters. The van der Waals surface area contributed by atoms with Crippen LogP contribution < -0.4 is 5.32 Å². The van der Waals surface area contributed by atoms with Gasteiger partial charge in [0, 0.05) is 22.8 Å². The number of fused-ring (bicyclic) bond motifs is 1. The van der Waals surface area contributed by atoms with E-state index >= 15 is 0 Å². The van der Waals surface area contributed by atoms with Crippen molar-refractivity contribution >= 4 is 16.6 Å². The standard InChI is InChI=1S/C18H20N2/c1-13(2)18(14-6-4-3-5-7-14)20-16-8-9-17-15(12-16)10-11-19-17/h3-13,18-20H,1-2H3. The average Bonchev–Trinajstić information content (AvgIpc) is 2.93. The number of benzene rings is 2. The van der Waals surface area contributed by atoms with E-state index in [4.69, 9.17) is 0 Å². The van der Waals surface area contributed by atoms with E-state index in [-0.39, 0.29) is 0 Å². The zero-order valence-electron chi connectivity index (χ0n) is 11.9. The van der Waals surface area contributed by atoms with E-state index in [0.29, 0.717) is 12.0 Å². The molecule has 0 amide bonds. The summed E-state index contributed by atoms with van der Waals surface area (Å²) in [4.78, 5) is 3.23. The van der Waals surface area contributed by atoms with Gasteiger partial charge in [-0.1, -0.05) is 44.2 Å². The van der Waals surface area contributed by atoms with Crippen molar-refractivity contribution in [3.63, 3.8) is 0 Å². The quantitative estimate of drug-likeness (QED) is 0.683. The second-order valence-electron chi connectivity index (χ2n) is 5.56. The fourth-order valence-corrected chi connectivity index (χ4v) is 2.62. The molecule has 0 spiro atoms. The Labute approximate surface area is 119 Å². The van der Waals surface area contributed by atoms with Crippen molar-refractivity contribution in [2.75, 3.05) is 5.32 Å². The Hall–Kier alpha value is -2.22. The normalized spacial score (nSPS) is 12.8. The van der Waals surface area contributed by atoms with E-state index < -0.39 is 0 Å². The van der Waals surface area contributed by atoms with E-state index in [1.54, 1.807) is 0 Å². The summed E-state index contributed by atoms with van der Waals surface area (Å²) in [6.07, 6.45) is 1.98. The number of aromatic amines is 1. The van der Waals surface area contributed by atoms with Gasteiger partial charge in [0.2, 0.25) is 0 Å². The molecule has 2 heteroatoms. The molecule has 1 heterocycles. The van der Waals surface area contributed by atoms with Gasteiger partial charge >= 0.3 is 0 Å². The van der Waals surface area contributed by atoms with Gasteiger partial charge in [-0.05, 0) is 35.7 Å². The van der Waals surface area contributed by atoms with E-state index in [1.165, 1.54) is 22.2 Å². The lowest BCUT2D eigenvalue weighted by molar-refractivity contribution is 0.546. The van der Waals surface area contributed by atoms with Crippen LogP contribution in [0.3, 0.4) is 0 Å². The van der Waals surface area contributed by atoms with Crippen LogP contribution in [0, 0.1) is 5.92 Å². The molecule has 3 rings (SSSR count). The number of hydrogen-bond donors (Lipinski definition) is 2. The van der Waals surface area contributed by atoms with Crippen LogP contribution >= 0.6 is 0 Å². The molecule has 0 fully saturated rings. The van der Waals surface area contributed by atoms with Crippen molar-refractivity contribution in [3.05, 3.63) is 66.4 Å². The van der Waals surface area contributed by atoms with Gasteiger partial charge in [-0.15, -0.1) is 0 Å². The Bertz CT molecular complexity index is 683. The average molecular weight is 264 g/mol. The van der Waals surface area contributed by atoms with Crippen LogP contribution in [0.1, 0.15) is 25.5 Å². The van der Waals surface area contributed by atoms with Gasteiger partial charge in [-0.3, -0.25) is 0 Å². The van der Waals surface area contributed by atoms with Crippen LogP contribution in [0.15, 0.2) is 60.8 Å². The Morgan fingerprint density at radius 2 is 1.75 bits per heavy atom. The first kappa shape index (κ1) is 12.8. The third kappa shape index (κ3) is 2.55. The number of aromatic nitrogens is 1. The van der Waals surface area contributed by atoms with Crippen LogP contribution in [0.2, 0.25) is 0 Å². The molecule has 1 atom stereocenters. The molecule has 2 nitrogen and oxygen atoms in total. The first-order valence-electron chi connectivity index (χ1n) is 7.12. The van der Waals surface area contributed by atoms with Crippen LogP contribution in [0.5, 0.6) is 0 Å². The van der Waals surface area contributed by atoms with Crippen molar-refractivity contribution in [3.8, 4) is 0 Å². The highest BCUT2D eigenvalue weighted by molar-refractivity contribution is 5.83. The minimum absolute atomic E-state index is 0.326. The van der Waals surface area contributed by atoms with Gasteiger partial charge in [0.1, 0.15) is 0 Å². The van der Waals surface area contributed by atoms with Gasteiger partial charge in [0.15, 0.2) is 0 Å². The fraction of sp³-hybridized carbons (Fsp3) is 0.222. The summed E-state index contributed by atoms with van der Waals surface area (Å²) in [6.45, 7) is 4.50. The fourth-order valence-electron chi connectivity index (χ4n) is 2.62. The van der Waals surface area contributed by atoms with Gasteiger partial charge in [0.05, 0.1) is 6.04 Å². The second-order valence-corrected chi connectivity index (χ2v) is 5.56. The molecule has 0 radical (unpaired) electrons. The molecule has 0 aliphatic heterocycles. The predicted octanol–water partition coefficient (Wildman–Crippen LogP) is 4.98. The molecular formula is C18H20N2. The zero-order valence-corrected chi connectivity index (χ0v) is 11.9. The molecule has 20 heavy (non-hydrogen) atoms. The molecule has 0 saturated heterocycles. The van der Waals surface area contributed by atoms with E-state index in [9.17, 15) is 0 Å². The SMILES string of the molecule is CC(C)C(Nc1ccc2[nH]ccc2c1)c1ccccc1. The summed E-state index contributed by atoms with van der Waals surface area (Å²) in [5.74, 6) is 0.527. The molecule has 0 saturated carbocycles. The number of nitrogens with one attached hydrogen (secondary N) is 2. The first-order chi connectivity index (χ1) is 9.74. The summed E-state index contributed by atoms with van der Waals surface area (Å²) in [7, 11) is 0. The molecule has 2 N–H and O–H groups in total.